The van der Waals surface area contributed by atoms with Crippen molar-refractivity contribution in [2.45, 2.75) is 45.4 Å². The van der Waals surface area contributed by atoms with Gasteiger partial charge in [0.25, 0.3) is 0 Å². The van der Waals surface area contributed by atoms with E-state index in [0.29, 0.717) is 24.0 Å². The number of likely N-dealkylation sites (tertiary alicyclic amines) is 1. The maximum Gasteiger partial charge on any atom is 0.417 e. The molecule has 0 saturated carbocycles. The number of likely N-dealkylation sites (N-methyl/N-ethyl adjacent to an activating group) is 1. The van der Waals surface area contributed by atoms with Crippen molar-refractivity contribution >= 4 is 27.9 Å². The average Bonchev–Trinajstić information content (AvgIpc) is 3.38. The van der Waals surface area contributed by atoms with Crippen LogP contribution in [0, 0.1) is 6.92 Å². The van der Waals surface area contributed by atoms with E-state index in [1.54, 1.807) is 0 Å². The number of nitrogens with one attached hydrogen (secondary N) is 2. The van der Waals surface area contributed by atoms with E-state index in [-0.39, 0.29) is 5.91 Å². The van der Waals surface area contributed by atoms with Crippen LogP contribution in [0.2, 0.25) is 0 Å². The SMILES string of the molecule is Cc1cc(-c2[nH]c3ccc(C4CCN(C(=O)CN(C)C)CC4)cc3c2C(C)C)cc2[nH]c(=O)oc12. The third-order valence-electron chi connectivity index (χ3n) is 7.21. The fourth-order valence-corrected chi connectivity index (χ4v) is 5.52. The number of benzene rings is 2. The summed E-state index contributed by atoms with van der Waals surface area (Å²) in [6.07, 6.45) is 1.98. The Kier molecular flexibility index (Phi) is 6.05. The molecule has 5 rings (SSSR count). The van der Waals surface area contributed by atoms with E-state index in [4.69, 9.17) is 4.42 Å². The summed E-state index contributed by atoms with van der Waals surface area (Å²) in [5.41, 5.74) is 8.13. The first kappa shape index (κ1) is 23.4. The number of oxazole rings is 1. The van der Waals surface area contributed by atoms with E-state index in [2.05, 4.69) is 48.1 Å². The summed E-state index contributed by atoms with van der Waals surface area (Å²) in [6, 6.07) is 10.8. The number of nitrogens with zero attached hydrogens (tertiary/aromatic N) is 2. The fraction of sp³-hybridized carbons (Fsp3) is 0.429. The number of aromatic amines is 2. The zero-order valence-electron chi connectivity index (χ0n) is 21.2. The Hall–Kier alpha value is -3.32. The van der Waals surface area contributed by atoms with Gasteiger partial charge in [0, 0.05) is 29.6 Å². The minimum Gasteiger partial charge on any atom is -0.408 e. The summed E-state index contributed by atoms with van der Waals surface area (Å²) >= 11 is 0. The normalized spacial score (nSPS) is 15.2. The van der Waals surface area contributed by atoms with E-state index in [1.165, 1.54) is 16.5 Å². The first-order valence-corrected chi connectivity index (χ1v) is 12.4. The van der Waals surface area contributed by atoms with Crippen LogP contribution in [0.4, 0.5) is 0 Å². The summed E-state index contributed by atoms with van der Waals surface area (Å²) in [4.78, 5) is 34.6. The number of hydrogen-bond acceptors (Lipinski definition) is 4. The van der Waals surface area contributed by atoms with Gasteiger partial charge in [-0.1, -0.05) is 19.9 Å². The molecule has 1 aliphatic rings. The molecule has 7 nitrogen and oxygen atoms in total. The monoisotopic (exact) mass is 474 g/mol. The third-order valence-corrected chi connectivity index (χ3v) is 7.21. The summed E-state index contributed by atoms with van der Waals surface area (Å²) in [5, 5.41) is 1.25. The van der Waals surface area contributed by atoms with Crippen molar-refractivity contribution in [2.75, 3.05) is 33.7 Å². The van der Waals surface area contributed by atoms with Crippen molar-refractivity contribution in [2.24, 2.45) is 0 Å². The highest BCUT2D eigenvalue weighted by Gasteiger charge is 2.25. The molecule has 1 saturated heterocycles. The lowest BCUT2D eigenvalue weighted by Gasteiger charge is -2.33. The minimum absolute atomic E-state index is 0.215. The van der Waals surface area contributed by atoms with Crippen molar-refractivity contribution in [3.63, 3.8) is 0 Å². The molecular weight excluding hydrogens is 440 g/mol. The van der Waals surface area contributed by atoms with Gasteiger partial charge < -0.3 is 19.2 Å². The second-order valence-corrected chi connectivity index (χ2v) is 10.5. The number of aromatic nitrogens is 2. The second-order valence-electron chi connectivity index (χ2n) is 10.5. The van der Waals surface area contributed by atoms with Crippen molar-refractivity contribution in [1.82, 2.24) is 19.8 Å². The standard InChI is InChI=1S/C28H34N4O3/c1-16(2)25-21-13-19(18-8-10-32(11-9-18)24(33)15-31(4)5)6-7-22(21)29-26(25)20-12-17(3)27-23(14-20)30-28(34)35-27/h6-7,12-14,16,18,29H,8-11,15H2,1-5H3,(H,30,34). The van der Waals surface area contributed by atoms with Gasteiger partial charge >= 0.3 is 5.76 Å². The predicted molar refractivity (Wildman–Crippen MR) is 140 cm³/mol. The van der Waals surface area contributed by atoms with E-state index in [0.717, 1.165) is 53.8 Å². The lowest BCUT2D eigenvalue weighted by atomic mass is 9.87. The molecule has 7 heteroatoms. The van der Waals surface area contributed by atoms with Crippen LogP contribution in [0.5, 0.6) is 0 Å². The van der Waals surface area contributed by atoms with Gasteiger partial charge in [0.2, 0.25) is 5.91 Å². The van der Waals surface area contributed by atoms with Crippen LogP contribution in [0.15, 0.2) is 39.5 Å². The zero-order valence-corrected chi connectivity index (χ0v) is 21.2. The van der Waals surface area contributed by atoms with E-state index in [1.807, 2.05) is 36.9 Å². The summed E-state index contributed by atoms with van der Waals surface area (Å²) in [7, 11) is 3.87. The van der Waals surface area contributed by atoms with Gasteiger partial charge in [0.05, 0.1) is 17.8 Å². The number of fused-ring (bicyclic) bond motifs is 2. The number of rotatable bonds is 5. The summed E-state index contributed by atoms with van der Waals surface area (Å²) in [5.74, 6) is 0.558. The Bertz CT molecular complexity index is 1450. The van der Waals surface area contributed by atoms with Gasteiger partial charge in [-0.2, -0.15) is 0 Å². The van der Waals surface area contributed by atoms with Gasteiger partial charge in [-0.25, -0.2) is 4.79 Å². The highest BCUT2D eigenvalue weighted by atomic mass is 16.4. The number of carbonyl (C=O) groups is 1. The van der Waals surface area contributed by atoms with Crippen molar-refractivity contribution in [3.8, 4) is 11.3 Å². The van der Waals surface area contributed by atoms with Crippen molar-refractivity contribution in [1.29, 1.82) is 0 Å². The number of H-pyrrole nitrogens is 2. The molecule has 0 bridgehead atoms. The molecule has 0 spiro atoms. The molecule has 0 radical (unpaired) electrons. The van der Waals surface area contributed by atoms with Gasteiger partial charge in [-0.3, -0.25) is 9.78 Å². The maximum absolute atomic E-state index is 12.4. The largest absolute Gasteiger partial charge is 0.417 e. The number of hydrogen-bond donors (Lipinski definition) is 2. The van der Waals surface area contributed by atoms with Gasteiger partial charge in [-0.15, -0.1) is 0 Å². The molecule has 35 heavy (non-hydrogen) atoms. The first-order valence-electron chi connectivity index (χ1n) is 12.4. The molecule has 0 atom stereocenters. The average molecular weight is 475 g/mol. The molecule has 1 fully saturated rings. The highest BCUT2D eigenvalue weighted by molar-refractivity contribution is 5.94. The van der Waals surface area contributed by atoms with Gasteiger partial charge in [0.1, 0.15) is 0 Å². The molecule has 184 valence electrons. The molecule has 2 N–H and O–H groups in total. The molecule has 3 heterocycles. The first-order chi connectivity index (χ1) is 16.7. The van der Waals surface area contributed by atoms with Gasteiger partial charge in [0.15, 0.2) is 5.58 Å². The third kappa shape index (κ3) is 4.41. The number of piperidine rings is 1. The van der Waals surface area contributed by atoms with E-state index in [9.17, 15) is 9.59 Å². The van der Waals surface area contributed by atoms with Crippen LogP contribution in [-0.2, 0) is 4.79 Å². The molecule has 2 aromatic carbocycles. The topological polar surface area (TPSA) is 85.3 Å². The van der Waals surface area contributed by atoms with Crippen molar-refractivity contribution < 1.29 is 9.21 Å². The Morgan fingerprint density at radius 2 is 1.86 bits per heavy atom. The number of carbonyl (C=O) groups excluding carboxylic acids is 1. The van der Waals surface area contributed by atoms with Crippen LogP contribution in [0.1, 0.15) is 55.2 Å². The maximum atomic E-state index is 12.4. The molecule has 2 aromatic heterocycles. The lowest BCUT2D eigenvalue weighted by molar-refractivity contribution is -0.132. The van der Waals surface area contributed by atoms with Crippen LogP contribution in [-0.4, -0.2) is 59.4 Å². The van der Waals surface area contributed by atoms with E-state index >= 15 is 0 Å². The Labute approximate surface area is 205 Å². The molecule has 0 aliphatic carbocycles. The number of aryl methyl sites for hydroxylation is 1. The lowest BCUT2D eigenvalue weighted by Crippen LogP contribution is -2.42. The smallest absolute Gasteiger partial charge is 0.408 e. The highest BCUT2D eigenvalue weighted by Crippen LogP contribution is 2.39. The molecule has 4 aromatic rings. The summed E-state index contributed by atoms with van der Waals surface area (Å²) in [6.45, 7) is 8.50. The number of amides is 1. The molecular formula is C28H34N4O3. The molecule has 1 amide bonds. The molecule has 0 unspecified atom stereocenters. The van der Waals surface area contributed by atoms with Gasteiger partial charge in [-0.05, 0) is 86.7 Å². The Morgan fingerprint density at radius 1 is 1.11 bits per heavy atom. The van der Waals surface area contributed by atoms with Crippen molar-refractivity contribution in [3.05, 3.63) is 57.6 Å². The van der Waals surface area contributed by atoms with E-state index < -0.39 is 5.76 Å². The zero-order chi connectivity index (χ0) is 24.9. The Balaban J connectivity index is 1.48. The predicted octanol–water partition coefficient (Wildman–Crippen LogP) is 4.97. The fourth-order valence-electron chi connectivity index (χ4n) is 5.52. The Morgan fingerprint density at radius 3 is 2.54 bits per heavy atom. The van der Waals surface area contributed by atoms with Crippen LogP contribution >= 0.6 is 0 Å². The minimum atomic E-state index is -0.430. The summed E-state index contributed by atoms with van der Waals surface area (Å²) < 4.78 is 5.30. The quantitative estimate of drug-likeness (QED) is 0.428. The second kappa shape index (κ2) is 9.04. The van der Waals surface area contributed by atoms with Crippen LogP contribution in [0.3, 0.4) is 0 Å². The molecule has 1 aliphatic heterocycles. The van der Waals surface area contributed by atoms with Crippen LogP contribution in [0.25, 0.3) is 33.3 Å². The van der Waals surface area contributed by atoms with Crippen LogP contribution < -0.4 is 5.76 Å².